The normalized spacial score (nSPS) is 13.4. The fraction of sp³-hybridized carbons (Fsp3) is 0.438. The third-order valence-corrected chi connectivity index (χ3v) is 4.53. The van der Waals surface area contributed by atoms with Gasteiger partial charge in [-0.25, -0.2) is 4.79 Å². The Balaban J connectivity index is 1.57. The molecule has 1 aromatic heterocycles. The topological polar surface area (TPSA) is 74.7 Å². The van der Waals surface area contributed by atoms with Crippen molar-refractivity contribution in [2.75, 3.05) is 11.9 Å². The molecule has 0 atom stereocenters. The van der Waals surface area contributed by atoms with Gasteiger partial charge in [-0.1, -0.05) is 12.1 Å². The lowest BCUT2D eigenvalue weighted by molar-refractivity contribution is 0.251. The van der Waals surface area contributed by atoms with E-state index in [0.29, 0.717) is 17.9 Å². The number of rotatable bonds is 4. The van der Waals surface area contributed by atoms with Crippen LogP contribution in [0.15, 0.2) is 18.2 Å². The molecule has 6 nitrogen and oxygen atoms in total. The van der Waals surface area contributed by atoms with E-state index in [0.717, 1.165) is 24.4 Å². The second-order valence-electron chi connectivity index (χ2n) is 5.76. The van der Waals surface area contributed by atoms with E-state index in [2.05, 4.69) is 26.9 Å². The van der Waals surface area contributed by atoms with Crippen LogP contribution in [0.3, 0.4) is 0 Å². The highest BCUT2D eigenvalue weighted by Crippen LogP contribution is 2.27. The molecule has 0 radical (unpaired) electrons. The van der Waals surface area contributed by atoms with Crippen molar-refractivity contribution in [2.45, 2.75) is 39.2 Å². The number of aromatic nitrogens is 3. The number of H-pyrrole nitrogens is 1. The van der Waals surface area contributed by atoms with Gasteiger partial charge in [-0.3, -0.25) is 5.10 Å². The molecule has 0 bridgehead atoms. The van der Waals surface area contributed by atoms with Gasteiger partial charge in [-0.2, -0.15) is 5.10 Å². The van der Waals surface area contributed by atoms with Crippen LogP contribution >= 0.6 is 12.2 Å². The zero-order chi connectivity index (χ0) is 16.2. The lowest BCUT2D eigenvalue weighted by Crippen LogP contribution is -2.32. The number of hydrogen-bond donors (Lipinski definition) is 3. The summed E-state index contributed by atoms with van der Waals surface area (Å²) in [5.74, 6) is 0.814. The molecule has 0 saturated carbocycles. The second kappa shape index (κ2) is 6.95. The smallest absolute Gasteiger partial charge is 0.319 e. The van der Waals surface area contributed by atoms with Crippen LogP contribution in [0.2, 0.25) is 0 Å². The first-order chi connectivity index (χ1) is 11.1. The van der Waals surface area contributed by atoms with Gasteiger partial charge in [0.1, 0.15) is 5.82 Å². The Morgan fingerprint density at radius 1 is 1.39 bits per heavy atom. The zero-order valence-electron chi connectivity index (χ0n) is 13.2. The van der Waals surface area contributed by atoms with Crippen molar-refractivity contribution >= 4 is 23.9 Å². The van der Waals surface area contributed by atoms with Crippen molar-refractivity contribution in [1.82, 2.24) is 20.1 Å². The number of benzene rings is 1. The summed E-state index contributed by atoms with van der Waals surface area (Å²) in [7, 11) is 0. The molecule has 0 aliphatic heterocycles. The predicted octanol–water partition coefficient (Wildman–Crippen LogP) is 2.95. The van der Waals surface area contributed by atoms with Gasteiger partial charge in [-0.05, 0) is 62.0 Å². The number of carbonyl (C=O) groups excluding carboxylic acids is 1. The largest absolute Gasteiger partial charge is 0.336 e. The molecule has 1 aliphatic carbocycles. The highest BCUT2D eigenvalue weighted by molar-refractivity contribution is 7.71. The van der Waals surface area contributed by atoms with Gasteiger partial charge in [0.25, 0.3) is 0 Å². The summed E-state index contributed by atoms with van der Waals surface area (Å²) < 4.78 is 2.43. The molecule has 23 heavy (non-hydrogen) atoms. The maximum Gasteiger partial charge on any atom is 0.319 e. The van der Waals surface area contributed by atoms with Gasteiger partial charge < -0.3 is 15.2 Å². The summed E-state index contributed by atoms with van der Waals surface area (Å²) in [4.78, 5) is 12.1. The highest BCUT2D eigenvalue weighted by atomic mass is 32.1. The summed E-state index contributed by atoms with van der Waals surface area (Å²) in [6.07, 6.45) is 4.55. The molecule has 0 saturated heterocycles. The monoisotopic (exact) mass is 331 g/mol. The standard InChI is InChI=1S/C16H21N5OS/c1-11-19-20-16(23)21(11)10-9-17-15(22)18-14-8-4-6-12-5-2-3-7-13(12)14/h4,6,8H,2-3,5,7,9-10H2,1H3,(H,20,23)(H2,17,18,22). The molecule has 3 N–H and O–H groups in total. The summed E-state index contributed by atoms with van der Waals surface area (Å²) in [6, 6.07) is 5.95. The number of urea groups is 1. The Hall–Kier alpha value is -2.15. The van der Waals surface area contributed by atoms with E-state index in [-0.39, 0.29) is 6.03 Å². The number of fused-ring (bicyclic) bond motifs is 1. The van der Waals surface area contributed by atoms with Crippen LogP contribution in [0.25, 0.3) is 0 Å². The Morgan fingerprint density at radius 2 is 2.22 bits per heavy atom. The Labute approximate surface area is 140 Å². The lowest BCUT2D eigenvalue weighted by atomic mass is 9.90. The van der Waals surface area contributed by atoms with Crippen LogP contribution in [0.1, 0.15) is 29.8 Å². The van der Waals surface area contributed by atoms with E-state index in [1.165, 1.54) is 24.0 Å². The zero-order valence-corrected chi connectivity index (χ0v) is 14.0. The van der Waals surface area contributed by atoms with Gasteiger partial charge in [0.2, 0.25) is 0 Å². The number of nitrogens with one attached hydrogen (secondary N) is 3. The van der Waals surface area contributed by atoms with E-state index < -0.39 is 0 Å². The number of amides is 2. The van der Waals surface area contributed by atoms with Gasteiger partial charge in [-0.15, -0.1) is 0 Å². The van der Waals surface area contributed by atoms with E-state index in [4.69, 9.17) is 12.2 Å². The average molecular weight is 331 g/mol. The SMILES string of the molecule is Cc1n[nH]c(=S)n1CCNC(=O)Nc1cccc2c1CCCC2. The highest BCUT2D eigenvalue weighted by Gasteiger charge is 2.14. The molecule has 3 rings (SSSR count). The fourth-order valence-electron chi connectivity index (χ4n) is 3.01. The van der Waals surface area contributed by atoms with Crippen LogP contribution < -0.4 is 10.6 Å². The summed E-state index contributed by atoms with van der Waals surface area (Å²) >= 11 is 5.14. The number of aromatic amines is 1. The fourth-order valence-corrected chi connectivity index (χ4v) is 3.27. The van der Waals surface area contributed by atoms with Crippen LogP contribution in [-0.2, 0) is 19.4 Å². The Kier molecular flexibility index (Phi) is 4.76. The molecule has 0 unspecified atom stereocenters. The molecule has 0 fully saturated rings. The molecule has 2 aromatic rings. The molecule has 2 amide bonds. The minimum absolute atomic E-state index is 0.184. The third-order valence-electron chi connectivity index (χ3n) is 4.21. The van der Waals surface area contributed by atoms with Crippen LogP contribution in [-0.4, -0.2) is 27.3 Å². The van der Waals surface area contributed by atoms with E-state index >= 15 is 0 Å². The van der Waals surface area contributed by atoms with Crippen molar-refractivity contribution in [3.8, 4) is 0 Å². The minimum Gasteiger partial charge on any atom is -0.336 e. The molecular weight excluding hydrogens is 310 g/mol. The summed E-state index contributed by atoms with van der Waals surface area (Å²) in [5.41, 5.74) is 3.56. The second-order valence-corrected chi connectivity index (χ2v) is 6.15. The molecule has 1 heterocycles. The number of nitrogens with zero attached hydrogens (tertiary/aromatic N) is 2. The van der Waals surface area contributed by atoms with Crippen molar-refractivity contribution in [2.24, 2.45) is 0 Å². The van der Waals surface area contributed by atoms with E-state index in [9.17, 15) is 4.79 Å². The Morgan fingerprint density at radius 3 is 3.00 bits per heavy atom. The van der Waals surface area contributed by atoms with Crippen LogP contribution in [0.5, 0.6) is 0 Å². The van der Waals surface area contributed by atoms with Crippen molar-refractivity contribution in [3.63, 3.8) is 0 Å². The van der Waals surface area contributed by atoms with Gasteiger partial charge in [0.05, 0.1) is 0 Å². The average Bonchev–Trinajstić information content (AvgIpc) is 2.87. The summed E-state index contributed by atoms with van der Waals surface area (Å²) in [5, 5.41) is 12.6. The number of aryl methyl sites for hydroxylation is 2. The first-order valence-electron chi connectivity index (χ1n) is 7.92. The molecule has 1 aliphatic rings. The molecule has 7 heteroatoms. The van der Waals surface area contributed by atoms with Gasteiger partial charge in [0, 0.05) is 18.8 Å². The van der Waals surface area contributed by atoms with Crippen LogP contribution in [0.4, 0.5) is 10.5 Å². The number of hydrogen-bond acceptors (Lipinski definition) is 3. The first kappa shape index (κ1) is 15.7. The summed E-state index contributed by atoms with van der Waals surface area (Å²) in [6.45, 7) is 2.97. The molecule has 122 valence electrons. The maximum absolute atomic E-state index is 12.1. The molecule has 0 spiro atoms. The van der Waals surface area contributed by atoms with Crippen molar-refractivity contribution < 1.29 is 4.79 Å². The van der Waals surface area contributed by atoms with Crippen molar-refractivity contribution in [1.29, 1.82) is 0 Å². The first-order valence-corrected chi connectivity index (χ1v) is 8.33. The van der Waals surface area contributed by atoms with E-state index in [1.807, 2.05) is 23.6 Å². The van der Waals surface area contributed by atoms with E-state index in [1.54, 1.807) is 0 Å². The minimum atomic E-state index is -0.184. The predicted molar refractivity (Wildman–Crippen MR) is 92.3 cm³/mol. The number of anilines is 1. The third kappa shape index (κ3) is 3.61. The van der Waals surface area contributed by atoms with Crippen molar-refractivity contribution in [3.05, 3.63) is 39.9 Å². The number of carbonyl (C=O) groups is 1. The van der Waals surface area contributed by atoms with Gasteiger partial charge >= 0.3 is 6.03 Å². The van der Waals surface area contributed by atoms with Crippen LogP contribution in [0, 0.1) is 11.7 Å². The molecular formula is C16H21N5OS. The Bertz CT molecular complexity index is 764. The quantitative estimate of drug-likeness (QED) is 0.754. The molecule has 1 aromatic carbocycles. The van der Waals surface area contributed by atoms with Gasteiger partial charge in [0.15, 0.2) is 4.77 Å². The maximum atomic E-state index is 12.1. The lowest BCUT2D eigenvalue weighted by Gasteiger charge is -2.19.